The van der Waals surface area contributed by atoms with Crippen LogP contribution in [0.3, 0.4) is 0 Å². The zero-order valence-electron chi connectivity index (χ0n) is 10.2. The number of imidazole rings is 1. The molecule has 1 N–H and O–H groups in total. The van der Waals surface area contributed by atoms with Gasteiger partial charge >= 0.3 is 0 Å². The standard InChI is InChI=1S/C13H15F2N3/c1-16-6-5-10-7-18(9-17-10)8-11-12(14)3-2-4-13(11)15/h2-4,7,9,16H,5-6,8H2,1H3. The first-order valence-corrected chi connectivity index (χ1v) is 5.79. The minimum absolute atomic E-state index is 0.0649. The third kappa shape index (κ3) is 2.92. The number of nitrogens with one attached hydrogen (secondary N) is 1. The van der Waals surface area contributed by atoms with Crippen LogP contribution in [-0.4, -0.2) is 23.1 Å². The molecule has 0 saturated carbocycles. The largest absolute Gasteiger partial charge is 0.333 e. The number of rotatable bonds is 5. The van der Waals surface area contributed by atoms with Crippen LogP contribution < -0.4 is 5.32 Å². The number of benzene rings is 1. The zero-order chi connectivity index (χ0) is 13.0. The fourth-order valence-electron chi connectivity index (χ4n) is 1.74. The van der Waals surface area contributed by atoms with E-state index in [9.17, 15) is 8.78 Å². The summed E-state index contributed by atoms with van der Waals surface area (Å²) in [5.41, 5.74) is 0.969. The zero-order valence-corrected chi connectivity index (χ0v) is 10.2. The van der Waals surface area contributed by atoms with E-state index in [0.717, 1.165) is 18.7 Å². The number of halogens is 2. The summed E-state index contributed by atoms with van der Waals surface area (Å²) in [6.07, 6.45) is 4.20. The second-order valence-electron chi connectivity index (χ2n) is 4.09. The summed E-state index contributed by atoms with van der Waals surface area (Å²) in [7, 11) is 1.87. The Morgan fingerprint density at radius 1 is 1.28 bits per heavy atom. The Morgan fingerprint density at radius 2 is 2.00 bits per heavy atom. The van der Waals surface area contributed by atoms with E-state index in [-0.39, 0.29) is 12.1 Å². The molecule has 2 rings (SSSR count). The van der Waals surface area contributed by atoms with Crippen molar-refractivity contribution in [3.05, 3.63) is 53.6 Å². The van der Waals surface area contributed by atoms with E-state index in [2.05, 4.69) is 10.3 Å². The normalized spacial score (nSPS) is 10.8. The third-order valence-electron chi connectivity index (χ3n) is 2.72. The molecule has 0 aliphatic rings. The van der Waals surface area contributed by atoms with Gasteiger partial charge in [0.1, 0.15) is 11.6 Å². The predicted octanol–water partition coefficient (Wildman–Crippen LogP) is 1.97. The fraction of sp³-hybridized carbons (Fsp3) is 0.308. The van der Waals surface area contributed by atoms with Crippen LogP contribution in [0.15, 0.2) is 30.7 Å². The monoisotopic (exact) mass is 251 g/mol. The molecular weight excluding hydrogens is 236 g/mol. The Morgan fingerprint density at radius 3 is 2.67 bits per heavy atom. The van der Waals surface area contributed by atoms with E-state index in [1.807, 2.05) is 13.2 Å². The van der Waals surface area contributed by atoms with Crippen LogP contribution in [0.5, 0.6) is 0 Å². The topological polar surface area (TPSA) is 29.9 Å². The highest BCUT2D eigenvalue weighted by Crippen LogP contribution is 2.13. The molecule has 1 aromatic heterocycles. The molecule has 0 radical (unpaired) electrons. The van der Waals surface area contributed by atoms with Gasteiger partial charge in [0.2, 0.25) is 0 Å². The van der Waals surface area contributed by atoms with Crippen LogP contribution in [0, 0.1) is 11.6 Å². The highest BCUT2D eigenvalue weighted by atomic mass is 19.1. The average molecular weight is 251 g/mol. The van der Waals surface area contributed by atoms with Gasteiger partial charge in [-0.2, -0.15) is 0 Å². The maximum Gasteiger partial charge on any atom is 0.131 e. The van der Waals surface area contributed by atoms with Gasteiger partial charge in [-0.15, -0.1) is 0 Å². The maximum absolute atomic E-state index is 13.5. The van der Waals surface area contributed by atoms with Crippen molar-refractivity contribution in [3.63, 3.8) is 0 Å². The molecule has 0 atom stereocenters. The minimum Gasteiger partial charge on any atom is -0.333 e. The predicted molar refractivity (Wildman–Crippen MR) is 65.3 cm³/mol. The number of aromatic nitrogens is 2. The highest BCUT2D eigenvalue weighted by Gasteiger charge is 2.09. The van der Waals surface area contributed by atoms with Gasteiger partial charge in [-0.25, -0.2) is 13.8 Å². The molecule has 0 unspecified atom stereocenters. The summed E-state index contributed by atoms with van der Waals surface area (Å²) in [5, 5.41) is 3.02. The molecule has 2 aromatic rings. The molecule has 1 aromatic carbocycles. The van der Waals surface area contributed by atoms with Gasteiger partial charge in [0.05, 0.1) is 18.6 Å². The summed E-state index contributed by atoms with van der Waals surface area (Å²) in [4.78, 5) is 4.19. The van der Waals surface area contributed by atoms with E-state index in [1.165, 1.54) is 18.2 Å². The molecule has 0 fully saturated rings. The van der Waals surface area contributed by atoms with E-state index in [4.69, 9.17) is 0 Å². The van der Waals surface area contributed by atoms with Gasteiger partial charge in [0.15, 0.2) is 0 Å². The van der Waals surface area contributed by atoms with Crippen molar-refractivity contribution in [3.8, 4) is 0 Å². The Labute approximate surface area is 104 Å². The lowest BCUT2D eigenvalue weighted by Gasteiger charge is -2.05. The van der Waals surface area contributed by atoms with Gasteiger partial charge in [0, 0.05) is 24.7 Å². The lowest BCUT2D eigenvalue weighted by atomic mass is 10.2. The molecule has 1 heterocycles. The summed E-state index contributed by atoms with van der Waals surface area (Å²) in [6, 6.07) is 3.88. The lowest BCUT2D eigenvalue weighted by Crippen LogP contribution is -2.10. The summed E-state index contributed by atoms with van der Waals surface area (Å²) >= 11 is 0. The van der Waals surface area contributed by atoms with Crippen LogP contribution in [0.2, 0.25) is 0 Å². The second-order valence-corrected chi connectivity index (χ2v) is 4.09. The summed E-state index contributed by atoms with van der Waals surface area (Å²) in [6.45, 7) is 0.982. The van der Waals surface area contributed by atoms with Crippen LogP contribution in [-0.2, 0) is 13.0 Å². The van der Waals surface area contributed by atoms with Crippen molar-refractivity contribution in [2.75, 3.05) is 13.6 Å². The van der Waals surface area contributed by atoms with Crippen molar-refractivity contribution < 1.29 is 8.78 Å². The minimum atomic E-state index is -0.527. The Balaban J connectivity index is 2.11. The van der Waals surface area contributed by atoms with Crippen LogP contribution >= 0.6 is 0 Å². The SMILES string of the molecule is CNCCc1cn(Cc2c(F)cccc2F)cn1. The number of hydrogen-bond donors (Lipinski definition) is 1. The van der Waals surface area contributed by atoms with Crippen molar-refractivity contribution in [2.24, 2.45) is 0 Å². The molecule has 5 heteroatoms. The van der Waals surface area contributed by atoms with Crippen molar-refractivity contribution in [1.29, 1.82) is 0 Å². The van der Waals surface area contributed by atoms with Crippen LogP contribution in [0.25, 0.3) is 0 Å². The van der Waals surface area contributed by atoms with Crippen molar-refractivity contribution in [1.82, 2.24) is 14.9 Å². The maximum atomic E-state index is 13.5. The quantitative estimate of drug-likeness (QED) is 0.880. The molecule has 0 bridgehead atoms. The number of likely N-dealkylation sites (N-methyl/N-ethyl adjacent to an activating group) is 1. The first kappa shape index (κ1) is 12.7. The fourth-order valence-corrected chi connectivity index (χ4v) is 1.74. The van der Waals surface area contributed by atoms with Crippen molar-refractivity contribution in [2.45, 2.75) is 13.0 Å². The molecule has 3 nitrogen and oxygen atoms in total. The van der Waals surface area contributed by atoms with Gasteiger partial charge in [0.25, 0.3) is 0 Å². The van der Waals surface area contributed by atoms with E-state index in [1.54, 1.807) is 10.9 Å². The van der Waals surface area contributed by atoms with Gasteiger partial charge in [-0.3, -0.25) is 0 Å². The first-order valence-electron chi connectivity index (χ1n) is 5.79. The van der Waals surface area contributed by atoms with E-state index in [0.29, 0.717) is 0 Å². The molecule has 0 amide bonds. The van der Waals surface area contributed by atoms with Gasteiger partial charge < -0.3 is 9.88 Å². The molecule has 96 valence electrons. The average Bonchev–Trinajstić information content (AvgIpc) is 2.79. The Kier molecular flexibility index (Phi) is 4.04. The Bertz CT molecular complexity index is 502. The molecular formula is C13H15F2N3. The van der Waals surface area contributed by atoms with Gasteiger partial charge in [-0.05, 0) is 19.2 Å². The van der Waals surface area contributed by atoms with E-state index >= 15 is 0 Å². The summed E-state index contributed by atoms with van der Waals surface area (Å²) < 4.78 is 28.6. The molecule has 0 spiro atoms. The van der Waals surface area contributed by atoms with Gasteiger partial charge in [-0.1, -0.05) is 6.07 Å². The second kappa shape index (κ2) is 5.73. The number of hydrogen-bond acceptors (Lipinski definition) is 2. The molecule has 0 aliphatic heterocycles. The smallest absolute Gasteiger partial charge is 0.131 e. The van der Waals surface area contributed by atoms with E-state index < -0.39 is 11.6 Å². The third-order valence-corrected chi connectivity index (χ3v) is 2.72. The molecule has 0 saturated heterocycles. The molecule has 18 heavy (non-hydrogen) atoms. The van der Waals surface area contributed by atoms with Crippen LogP contribution in [0.4, 0.5) is 8.78 Å². The lowest BCUT2D eigenvalue weighted by molar-refractivity contribution is 0.544. The van der Waals surface area contributed by atoms with Crippen LogP contribution in [0.1, 0.15) is 11.3 Å². The highest BCUT2D eigenvalue weighted by molar-refractivity contribution is 5.20. The first-order chi connectivity index (χ1) is 8.70. The Hall–Kier alpha value is -1.75. The van der Waals surface area contributed by atoms with Crippen molar-refractivity contribution >= 4 is 0 Å². The number of nitrogens with zero attached hydrogens (tertiary/aromatic N) is 2. The molecule has 0 aliphatic carbocycles. The summed E-state index contributed by atoms with van der Waals surface area (Å²) in [5.74, 6) is -1.05.